The molecule has 0 atom stereocenters. The topological polar surface area (TPSA) is 84.9 Å². The van der Waals surface area contributed by atoms with Gasteiger partial charge < -0.3 is 14.8 Å². The highest BCUT2D eigenvalue weighted by Crippen LogP contribution is 2.31. The minimum absolute atomic E-state index is 0.201. The lowest BCUT2D eigenvalue weighted by molar-refractivity contribution is -0.122. The van der Waals surface area contributed by atoms with E-state index in [1.54, 1.807) is 12.1 Å². The molecule has 0 saturated carbocycles. The van der Waals surface area contributed by atoms with Crippen LogP contribution in [0, 0.1) is 0 Å². The van der Waals surface area contributed by atoms with Gasteiger partial charge in [-0.05, 0) is 18.2 Å². The zero-order chi connectivity index (χ0) is 15.4. The first-order valence-corrected chi connectivity index (χ1v) is 6.38. The summed E-state index contributed by atoms with van der Waals surface area (Å²) in [6.45, 7) is 0.529. The van der Waals surface area contributed by atoms with Crippen LogP contribution >= 0.6 is 0 Å². The molecule has 7 nitrogen and oxygen atoms in total. The summed E-state index contributed by atoms with van der Waals surface area (Å²) in [4.78, 5) is 36.8. The van der Waals surface area contributed by atoms with E-state index in [-0.39, 0.29) is 18.0 Å². The second-order valence-electron chi connectivity index (χ2n) is 4.45. The molecule has 0 aliphatic carbocycles. The first-order chi connectivity index (χ1) is 10.1. The van der Waals surface area contributed by atoms with Gasteiger partial charge in [0, 0.05) is 13.7 Å². The molecule has 1 aromatic rings. The van der Waals surface area contributed by atoms with Gasteiger partial charge >= 0.3 is 0 Å². The minimum atomic E-state index is -0.708. The predicted octanol–water partition coefficient (Wildman–Crippen LogP) is -0.0129. The normalized spacial score (nSPS) is 13.3. The minimum Gasteiger partial charge on any atom is -0.497 e. The summed E-state index contributed by atoms with van der Waals surface area (Å²) in [6.07, 6.45) is 0. The average Bonchev–Trinajstić information content (AvgIpc) is 2.72. The molecule has 112 valence electrons. The van der Waals surface area contributed by atoms with E-state index in [0.717, 1.165) is 0 Å². The monoisotopic (exact) mass is 292 g/mol. The summed E-state index contributed by atoms with van der Waals surface area (Å²) in [5.41, 5.74) is 0.678. The van der Waals surface area contributed by atoms with Crippen molar-refractivity contribution in [1.29, 1.82) is 0 Å². The molecule has 1 aromatic carbocycles. The standard InChI is InChI=1S/C14H16N2O5/c1-20-6-5-15-12(17)8-16-11-4-3-9(21-2)7-10(11)13(18)14(16)19/h3-4,7H,5-6,8H2,1-2H3,(H,15,17). The third-order valence-electron chi connectivity index (χ3n) is 3.11. The number of carbonyl (C=O) groups excluding carboxylic acids is 3. The van der Waals surface area contributed by atoms with Crippen molar-refractivity contribution in [2.45, 2.75) is 0 Å². The lowest BCUT2D eigenvalue weighted by Crippen LogP contribution is -2.41. The predicted molar refractivity (Wildman–Crippen MR) is 74.6 cm³/mol. The Bertz CT molecular complexity index is 585. The number of amides is 2. The van der Waals surface area contributed by atoms with Crippen LogP contribution in [0.2, 0.25) is 0 Å². The Kier molecular flexibility index (Phi) is 4.54. The summed E-state index contributed by atoms with van der Waals surface area (Å²) >= 11 is 0. The maximum absolute atomic E-state index is 12.0. The van der Waals surface area contributed by atoms with E-state index in [1.807, 2.05) is 0 Å². The number of ketones is 1. The zero-order valence-corrected chi connectivity index (χ0v) is 11.8. The maximum Gasteiger partial charge on any atom is 0.299 e. The SMILES string of the molecule is COCCNC(=O)CN1C(=O)C(=O)c2cc(OC)ccc21. The fraction of sp³-hybridized carbons (Fsp3) is 0.357. The second-order valence-corrected chi connectivity index (χ2v) is 4.45. The largest absolute Gasteiger partial charge is 0.497 e. The van der Waals surface area contributed by atoms with Gasteiger partial charge in [-0.1, -0.05) is 0 Å². The maximum atomic E-state index is 12.0. The molecule has 0 bridgehead atoms. The lowest BCUT2D eigenvalue weighted by Gasteiger charge is -2.16. The van der Waals surface area contributed by atoms with Crippen LogP contribution in [0.5, 0.6) is 5.75 Å². The average molecular weight is 292 g/mol. The van der Waals surface area contributed by atoms with E-state index in [1.165, 1.54) is 25.2 Å². The van der Waals surface area contributed by atoms with Crippen molar-refractivity contribution < 1.29 is 23.9 Å². The first kappa shape index (κ1) is 15.0. The number of fused-ring (bicyclic) bond motifs is 1. The highest BCUT2D eigenvalue weighted by Gasteiger charge is 2.37. The summed E-state index contributed by atoms with van der Waals surface area (Å²) in [6, 6.07) is 4.73. The molecular weight excluding hydrogens is 276 g/mol. The summed E-state index contributed by atoms with van der Waals surface area (Å²) in [7, 11) is 3.00. The fourth-order valence-corrected chi connectivity index (χ4v) is 2.06. The molecule has 0 aromatic heterocycles. The van der Waals surface area contributed by atoms with Gasteiger partial charge in [0.2, 0.25) is 5.91 Å². The third kappa shape index (κ3) is 3.03. The summed E-state index contributed by atoms with van der Waals surface area (Å²) in [5, 5.41) is 2.61. The van der Waals surface area contributed by atoms with Gasteiger partial charge in [-0.3, -0.25) is 19.3 Å². The van der Waals surface area contributed by atoms with E-state index >= 15 is 0 Å². The van der Waals surface area contributed by atoms with Gasteiger partial charge in [0.15, 0.2) is 0 Å². The Hall–Kier alpha value is -2.41. The number of carbonyl (C=O) groups is 3. The Labute approximate surface area is 121 Å². The van der Waals surface area contributed by atoms with Crippen LogP contribution in [-0.2, 0) is 14.3 Å². The molecule has 0 unspecified atom stereocenters. The fourth-order valence-electron chi connectivity index (χ4n) is 2.06. The number of Topliss-reactive ketones (excluding diaryl/α,β-unsaturated/α-hetero) is 1. The Morgan fingerprint density at radius 2 is 2.05 bits per heavy atom. The highest BCUT2D eigenvalue weighted by atomic mass is 16.5. The van der Waals surface area contributed by atoms with E-state index in [2.05, 4.69) is 5.32 Å². The van der Waals surface area contributed by atoms with E-state index in [9.17, 15) is 14.4 Å². The number of ether oxygens (including phenoxy) is 2. The second kappa shape index (κ2) is 6.36. The number of methoxy groups -OCH3 is 2. The quantitative estimate of drug-likeness (QED) is 0.588. The molecule has 0 radical (unpaired) electrons. The smallest absolute Gasteiger partial charge is 0.299 e. The molecule has 1 heterocycles. The summed E-state index contributed by atoms with van der Waals surface area (Å²) < 4.78 is 9.85. The van der Waals surface area contributed by atoms with Gasteiger partial charge in [0.05, 0.1) is 25.0 Å². The lowest BCUT2D eigenvalue weighted by atomic mass is 10.1. The van der Waals surface area contributed by atoms with Crippen LogP contribution in [0.1, 0.15) is 10.4 Å². The van der Waals surface area contributed by atoms with Gasteiger partial charge in [-0.15, -0.1) is 0 Å². The van der Waals surface area contributed by atoms with Crippen LogP contribution in [0.25, 0.3) is 0 Å². The van der Waals surface area contributed by atoms with E-state index in [4.69, 9.17) is 9.47 Å². The van der Waals surface area contributed by atoms with Crippen molar-refractivity contribution in [2.24, 2.45) is 0 Å². The molecule has 0 fully saturated rings. The van der Waals surface area contributed by atoms with Crippen LogP contribution in [-0.4, -0.2) is 51.5 Å². The molecule has 7 heteroatoms. The van der Waals surface area contributed by atoms with Crippen LogP contribution in [0.15, 0.2) is 18.2 Å². The van der Waals surface area contributed by atoms with Crippen molar-refractivity contribution in [1.82, 2.24) is 5.32 Å². The number of nitrogens with zero attached hydrogens (tertiary/aromatic N) is 1. The van der Waals surface area contributed by atoms with E-state index in [0.29, 0.717) is 24.6 Å². The van der Waals surface area contributed by atoms with E-state index < -0.39 is 11.7 Å². The number of nitrogens with one attached hydrogen (secondary N) is 1. The summed E-state index contributed by atoms with van der Waals surface area (Å²) in [5.74, 6) is -1.20. The highest BCUT2D eigenvalue weighted by molar-refractivity contribution is 6.52. The van der Waals surface area contributed by atoms with Crippen LogP contribution < -0.4 is 15.0 Å². The molecule has 0 saturated heterocycles. The number of benzene rings is 1. The van der Waals surface area contributed by atoms with Crippen molar-refractivity contribution in [3.8, 4) is 5.75 Å². The number of hydrogen-bond acceptors (Lipinski definition) is 5. The van der Waals surface area contributed by atoms with Crippen molar-refractivity contribution >= 4 is 23.3 Å². The van der Waals surface area contributed by atoms with Crippen LogP contribution in [0.4, 0.5) is 5.69 Å². The van der Waals surface area contributed by atoms with Crippen molar-refractivity contribution in [3.63, 3.8) is 0 Å². The molecule has 1 aliphatic rings. The van der Waals surface area contributed by atoms with Crippen molar-refractivity contribution in [3.05, 3.63) is 23.8 Å². The number of rotatable bonds is 6. The molecule has 2 amide bonds. The molecule has 1 N–H and O–H groups in total. The van der Waals surface area contributed by atoms with Crippen molar-refractivity contribution in [2.75, 3.05) is 38.8 Å². The zero-order valence-electron chi connectivity index (χ0n) is 11.8. The number of anilines is 1. The van der Waals surface area contributed by atoms with Gasteiger partial charge in [-0.2, -0.15) is 0 Å². The molecule has 21 heavy (non-hydrogen) atoms. The molecular formula is C14H16N2O5. The Balaban J connectivity index is 2.14. The van der Waals surface area contributed by atoms with Gasteiger partial charge in [0.1, 0.15) is 12.3 Å². The molecule has 2 rings (SSSR count). The Morgan fingerprint density at radius 1 is 1.29 bits per heavy atom. The van der Waals surface area contributed by atoms with Gasteiger partial charge in [-0.25, -0.2) is 0 Å². The third-order valence-corrected chi connectivity index (χ3v) is 3.11. The molecule has 0 spiro atoms. The molecule has 1 aliphatic heterocycles. The Morgan fingerprint density at radius 3 is 2.71 bits per heavy atom. The van der Waals surface area contributed by atoms with Gasteiger partial charge in [0.25, 0.3) is 11.7 Å². The number of hydrogen-bond donors (Lipinski definition) is 1. The first-order valence-electron chi connectivity index (χ1n) is 6.38. The van der Waals surface area contributed by atoms with Crippen LogP contribution in [0.3, 0.4) is 0 Å².